The Labute approximate surface area is 427 Å². The molecular weight excluding hydrogens is 947 g/mol. The molecule has 0 aliphatic carbocycles. The van der Waals surface area contributed by atoms with Gasteiger partial charge in [-0.3, -0.25) is 0 Å². The zero-order chi connectivity index (χ0) is 51.2. The first kappa shape index (κ1) is 52.3. The van der Waals surface area contributed by atoms with Gasteiger partial charge in [-0.2, -0.15) is 0 Å². The van der Waals surface area contributed by atoms with Crippen LogP contribution < -0.4 is 32.5 Å². The number of benzene rings is 6. The minimum Gasteiger partial charge on any atom is -0.497 e. The summed E-state index contributed by atoms with van der Waals surface area (Å²) in [6, 6.07) is 27.6. The van der Waals surface area contributed by atoms with E-state index < -0.39 is 22.8 Å². The van der Waals surface area contributed by atoms with Crippen LogP contribution in [0.1, 0.15) is 163 Å². The molecule has 0 N–H and O–H groups in total. The van der Waals surface area contributed by atoms with E-state index in [4.69, 9.17) is 45.4 Å². The third-order valence-electron chi connectivity index (χ3n) is 14.0. The standard InChI is InChI=1S/C59H70O11P2/c1-13-19-35(5)45-27-40(61-9)31-49(55(45)66-71-65-53-26-25-39-23-17-18-24-44(39)54(53)59(60)70-71)50-32-41(62-10)28-46(36(6)20-14-2)56(50)67-72-68-57-47(37(7)21-15-3)29-42(63-11)33-51(57)52-34-43(64-12)30-48(58(52)69-72)38(8)22-16-4/h17-18,23-38H,13-16,19-22H2,1-12H3. The SMILES string of the molecule is CCCC(C)c1cc(OC)cc(-c2cc(OC)cc(C(C)CCC)c2Op2oc3c(C(C)CCC)cc(OC)cc3c3cc(OC)cc(C(C)CCC)c3o2)c1OP1OC(=O)c2c(ccc3ccccc23)O1. The van der Waals surface area contributed by atoms with Crippen molar-refractivity contribution in [3.63, 3.8) is 0 Å². The maximum absolute atomic E-state index is 14.0. The lowest BCUT2D eigenvalue weighted by atomic mass is 9.88. The molecule has 0 radical (unpaired) electrons. The number of fused-ring (bicyclic) bond motifs is 6. The van der Waals surface area contributed by atoms with Crippen molar-refractivity contribution < 1.29 is 50.2 Å². The van der Waals surface area contributed by atoms with Crippen LogP contribution in [-0.4, -0.2) is 34.4 Å². The molecule has 1 aliphatic rings. The van der Waals surface area contributed by atoms with Crippen LogP contribution in [0.15, 0.2) is 93.3 Å². The molecule has 0 fully saturated rings. The Hall–Kier alpha value is -6.02. The van der Waals surface area contributed by atoms with Crippen molar-refractivity contribution >= 4 is 55.5 Å². The molecule has 1 aromatic heterocycles. The van der Waals surface area contributed by atoms with Crippen LogP contribution in [0, 0.1) is 0 Å². The van der Waals surface area contributed by atoms with Gasteiger partial charge >= 0.3 is 22.8 Å². The lowest BCUT2D eigenvalue weighted by Gasteiger charge is -2.28. The lowest BCUT2D eigenvalue weighted by Crippen LogP contribution is -2.16. The molecular formula is C59H70O11P2. The number of hydrogen-bond donors (Lipinski definition) is 0. The van der Waals surface area contributed by atoms with E-state index >= 15 is 0 Å². The Morgan fingerprint density at radius 1 is 0.486 bits per heavy atom. The highest BCUT2D eigenvalue weighted by Gasteiger charge is 2.37. The van der Waals surface area contributed by atoms with E-state index in [2.05, 4.69) is 67.5 Å². The number of carbonyl (C=O) groups is 1. The van der Waals surface area contributed by atoms with Crippen molar-refractivity contribution in [1.29, 1.82) is 0 Å². The fourth-order valence-electron chi connectivity index (χ4n) is 10.1. The van der Waals surface area contributed by atoms with E-state index in [9.17, 15) is 4.79 Å². The largest absolute Gasteiger partial charge is 0.532 e. The predicted molar refractivity (Wildman–Crippen MR) is 291 cm³/mol. The maximum atomic E-state index is 14.0. The van der Waals surface area contributed by atoms with Gasteiger partial charge in [0.15, 0.2) is 0 Å². The summed E-state index contributed by atoms with van der Waals surface area (Å²) in [4.78, 5) is 14.0. The molecule has 5 unspecified atom stereocenters. The zero-order valence-corrected chi connectivity index (χ0v) is 45.7. The number of carbonyl (C=O) groups excluding carboxylic acids is 1. The van der Waals surface area contributed by atoms with Gasteiger partial charge in [0.1, 0.15) is 57.0 Å². The van der Waals surface area contributed by atoms with Crippen LogP contribution in [0.4, 0.5) is 0 Å². The molecule has 0 amide bonds. The summed E-state index contributed by atoms with van der Waals surface area (Å²) in [6.45, 7) is 17.5. The summed E-state index contributed by atoms with van der Waals surface area (Å²) < 4.78 is 65.9. The zero-order valence-electron chi connectivity index (χ0n) is 43.9. The number of rotatable bonds is 21. The van der Waals surface area contributed by atoms with E-state index in [0.717, 1.165) is 107 Å². The van der Waals surface area contributed by atoms with Crippen LogP contribution in [-0.2, 0) is 4.52 Å². The minimum absolute atomic E-state index is 0.000918. The van der Waals surface area contributed by atoms with Gasteiger partial charge in [0.2, 0.25) is 0 Å². The van der Waals surface area contributed by atoms with Crippen molar-refractivity contribution in [3.05, 3.63) is 113 Å². The third-order valence-corrected chi connectivity index (χ3v) is 16.0. The van der Waals surface area contributed by atoms with Crippen molar-refractivity contribution in [2.45, 2.75) is 130 Å². The van der Waals surface area contributed by atoms with Crippen LogP contribution in [0.2, 0.25) is 0 Å². The smallest absolute Gasteiger partial charge is 0.497 e. The number of ether oxygens (including phenoxy) is 4. The molecule has 8 rings (SSSR count). The predicted octanol–water partition coefficient (Wildman–Crippen LogP) is 18.5. The van der Waals surface area contributed by atoms with E-state index in [1.165, 1.54) is 0 Å². The average Bonchev–Trinajstić information content (AvgIpc) is 3.54. The number of methoxy groups -OCH3 is 4. The quantitative estimate of drug-likeness (QED) is 0.0640. The Bertz CT molecular complexity index is 3030. The van der Waals surface area contributed by atoms with E-state index in [1.807, 2.05) is 72.8 Å². The topological polar surface area (TPSA) is 117 Å². The molecule has 382 valence electrons. The van der Waals surface area contributed by atoms with Gasteiger partial charge in [0.05, 0.1) is 28.4 Å². The molecule has 72 heavy (non-hydrogen) atoms. The first-order valence-electron chi connectivity index (χ1n) is 25.5. The minimum atomic E-state index is -2.29. The van der Waals surface area contributed by atoms with Crippen molar-refractivity contribution in [2.24, 2.45) is 0 Å². The molecule has 5 atom stereocenters. The molecule has 1 aliphatic heterocycles. The molecule has 0 bridgehead atoms. The van der Waals surface area contributed by atoms with Crippen molar-refractivity contribution in [2.75, 3.05) is 28.4 Å². The first-order valence-corrected chi connectivity index (χ1v) is 27.7. The summed E-state index contributed by atoms with van der Waals surface area (Å²) in [5.41, 5.74) is 6.76. The van der Waals surface area contributed by atoms with Crippen LogP contribution >= 0.6 is 16.8 Å². The molecule has 0 saturated heterocycles. The normalized spacial score (nSPS) is 15.2. The fourth-order valence-corrected chi connectivity index (χ4v) is 12.3. The fraction of sp³-hybridized carbons (Fsp3) is 0.407. The highest BCUT2D eigenvalue weighted by molar-refractivity contribution is 7.43. The summed E-state index contributed by atoms with van der Waals surface area (Å²) >= 11 is 0. The summed E-state index contributed by atoms with van der Waals surface area (Å²) in [7, 11) is 2.19. The summed E-state index contributed by atoms with van der Waals surface area (Å²) in [6.07, 6.45) is 7.34. The van der Waals surface area contributed by atoms with Gasteiger partial charge in [-0.15, -0.1) is 0 Å². The van der Waals surface area contributed by atoms with Gasteiger partial charge < -0.3 is 45.4 Å². The van der Waals surface area contributed by atoms with Gasteiger partial charge in [-0.05, 0) is 115 Å². The Morgan fingerprint density at radius 2 is 0.917 bits per heavy atom. The second-order valence-corrected chi connectivity index (χ2v) is 21.1. The molecule has 7 aromatic rings. The van der Waals surface area contributed by atoms with E-state index in [-0.39, 0.29) is 23.7 Å². The van der Waals surface area contributed by atoms with Gasteiger partial charge in [0.25, 0.3) is 0 Å². The monoisotopic (exact) mass is 1020 g/mol. The Morgan fingerprint density at radius 3 is 1.39 bits per heavy atom. The molecule has 2 heterocycles. The summed E-state index contributed by atoms with van der Waals surface area (Å²) in [5.74, 6) is 3.79. The highest BCUT2D eigenvalue weighted by atomic mass is 31.2. The van der Waals surface area contributed by atoms with E-state index in [1.54, 1.807) is 28.4 Å². The molecule has 6 aromatic carbocycles. The van der Waals surface area contributed by atoms with Crippen molar-refractivity contribution in [1.82, 2.24) is 0 Å². The van der Waals surface area contributed by atoms with Gasteiger partial charge in [-0.1, -0.05) is 111 Å². The van der Waals surface area contributed by atoms with Crippen LogP contribution in [0.5, 0.6) is 40.2 Å². The Kier molecular flexibility index (Phi) is 16.9. The second kappa shape index (κ2) is 23.2. The lowest BCUT2D eigenvalue weighted by molar-refractivity contribution is 0.0700. The first-order chi connectivity index (χ1) is 34.9. The molecule has 0 spiro atoms. The van der Waals surface area contributed by atoms with Crippen molar-refractivity contribution in [3.8, 4) is 51.4 Å². The third kappa shape index (κ3) is 10.7. The van der Waals surface area contributed by atoms with Crippen LogP contribution in [0.3, 0.4) is 0 Å². The number of hydrogen-bond acceptors (Lipinski definition) is 11. The highest BCUT2D eigenvalue weighted by Crippen LogP contribution is 2.56. The second-order valence-electron chi connectivity index (χ2n) is 19.1. The van der Waals surface area contributed by atoms with Gasteiger partial charge in [0, 0.05) is 44.2 Å². The van der Waals surface area contributed by atoms with Crippen LogP contribution in [0.25, 0.3) is 43.8 Å². The summed E-state index contributed by atoms with van der Waals surface area (Å²) in [5, 5.41) is 3.33. The Balaban J connectivity index is 1.43. The average molecular weight is 1020 g/mol. The van der Waals surface area contributed by atoms with Gasteiger partial charge in [-0.25, -0.2) is 4.79 Å². The molecule has 11 nitrogen and oxygen atoms in total. The molecule has 13 heteroatoms. The van der Waals surface area contributed by atoms with E-state index in [0.29, 0.717) is 56.6 Å². The molecule has 0 saturated carbocycles. The maximum Gasteiger partial charge on any atom is 0.532 e.